The van der Waals surface area contributed by atoms with Gasteiger partial charge in [0.25, 0.3) is 0 Å². The Kier molecular flexibility index (Phi) is 5.93. The number of hydrogen-bond donors (Lipinski definition) is 1. The van der Waals surface area contributed by atoms with E-state index >= 15 is 0 Å². The fourth-order valence-corrected chi connectivity index (χ4v) is 3.78. The molecule has 2 fully saturated rings. The molecule has 1 saturated heterocycles. The minimum absolute atomic E-state index is 0.480. The molecule has 2 rings (SSSR count). The SMILES string of the molecule is COC1CCN(C(CN)C2CCCCCC2)CC1. The Morgan fingerprint density at radius 2 is 1.67 bits per heavy atom. The van der Waals surface area contributed by atoms with Crippen molar-refractivity contribution in [3.05, 3.63) is 0 Å². The van der Waals surface area contributed by atoms with Crippen molar-refractivity contribution in [2.45, 2.75) is 63.5 Å². The Morgan fingerprint density at radius 1 is 1.06 bits per heavy atom. The molecule has 0 spiro atoms. The number of methoxy groups -OCH3 is 1. The summed E-state index contributed by atoms with van der Waals surface area (Å²) in [4.78, 5) is 2.64. The molecule has 2 N–H and O–H groups in total. The van der Waals surface area contributed by atoms with Crippen molar-refractivity contribution in [2.24, 2.45) is 11.7 Å². The lowest BCUT2D eigenvalue weighted by Gasteiger charge is -2.40. The van der Waals surface area contributed by atoms with Gasteiger partial charge < -0.3 is 10.5 Å². The van der Waals surface area contributed by atoms with Gasteiger partial charge in [-0.25, -0.2) is 0 Å². The van der Waals surface area contributed by atoms with Crippen LogP contribution in [0.25, 0.3) is 0 Å². The molecule has 3 heteroatoms. The first-order valence-corrected chi connectivity index (χ1v) is 7.82. The van der Waals surface area contributed by atoms with Crippen LogP contribution in [-0.4, -0.2) is 43.8 Å². The van der Waals surface area contributed by atoms with Gasteiger partial charge in [-0.05, 0) is 31.6 Å². The fraction of sp³-hybridized carbons (Fsp3) is 1.00. The highest BCUT2D eigenvalue weighted by molar-refractivity contribution is 4.85. The third-order valence-corrected chi connectivity index (χ3v) is 4.96. The first-order chi connectivity index (χ1) is 8.85. The Balaban J connectivity index is 1.87. The van der Waals surface area contributed by atoms with Crippen molar-refractivity contribution < 1.29 is 4.74 Å². The third-order valence-electron chi connectivity index (χ3n) is 4.96. The Bertz CT molecular complexity index is 219. The molecule has 1 heterocycles. The highest BCUT2D eigenvalue weighted by atomic mass is 16.5. The first kappa shape index (κ1) is 14.3. The molecule has 3 nitrogen and oxygen atoms in total. The molecule has 0 amide bonds. The molecule has 1 aliphatic heterocycles. The average molecular weight is 254 g/mol. The summed E-state index contributed by atoms with van der Waals surface area (Å²) in [5.74, 6) is 0.844. The summed E-state index contributed by atoms with van der Waals surface area (Å²) in [6.07, 6.45) is 11.3. The monoisotopic (exact) mass is 254 g/mol. The molecule has 1 saturated carbocycles. The van der Waals surface area contributed by atoms with Crippen LogP contribution in [0.1, 0.15) is 51.4 Å². The Labute approximate surface area is 112 Å². The standard InChI is InChI=1S/C15H30N2O/c1-18-14-8-10-17(11-9-14)15(12-16)13-6-4-2-3-5-7-13/h13-15H,2-12,16H2,1H3. The van der Waals surface area contributed by atoms with E-state index in [1.54, 1.807) is 0 Å². The zero-order chi connectivity index (χ0) is 12.8. The van der Waals surface area contributed by atoms with Crippen LogP contribution >= 0.6 is 0 Å². The highest BCUT2D eigenvalue weighted by Gasteiger charge is 2.29. The summed E-state index contributed by atoms with van der Waals surface area (Å²) < 4.78 is 5.46. The van der Waals surface area contributed by atoms with E-state index in [1.807, 2.05) is 7.11 Å². The van der Waals surface area contributed by atoms with Crippen LogP contribution in [0.4, 0.5) is 0 Å². The molecule has 2 aliphatic rings. The van der Waals surface area contributed by atoms with E-state index in [0.29, 0.717) is 12.1 Å². The molecule has 0 aromatic heterocycles. The quantitative estimate of drug-likeness (QED) is 0.783. The normalized spacial score (nSPS) is 27.0. The summed E-state index contributed by atoms with van der Waals surface area (Å²) in [6.45, 7) is 3.19. The molecule has 1 atom stereocenters. The van der Waals surface area contributed by atoms with Gasteiger partial charge in [0.1, 0.15) is 0 Å². The first-order valence-electron chi connectivity index (χ1n) is 7.82. The topological polar surface area (TPSA) is 38.5 Å². The van der Waals surface area contributed by atoms with E-state index in [1.165, 1.54) is 64.5 Å². The van der Waals surface area contributed by atoms with Gasteiger partial charge in [0.05, 0.1) is 6.10 Å². The molecule has 1 unspecified atom stereocenters. The lowest BCUT2D eigenvalue weighted by molar-refractivity contribution is 0.0165. The second kappa shape index (κ2) is 7.46. The predicted molar refractivity (Wildman–Crippen MR) is 75.6 cm³/mol. The minimum Gasteiger partial charge on any atom is -0.381 e. The van der Waals surface area contributed by atoms with E-state index in [2.05, 4.69) is 4.90 Å². The highest BCUT2D eigenvalue weighted by Crippen LogP contribution is 2.29. The summed E-state index contributed by atoms with van der Waals surface area (Å²) in [5, 5.41) is 0. The maximum atomic E-state index is 6.08. The van der Waals surface area contributed by atoms with Gasteiger partial charge >= 0.3 is 0 Å². The number of hydrogen-bond acceptors (Lipinski definition) is 3. The van der Waals surface area contributed by atoms with Gasteiger partial charge in [-0.3, -0.25) is 4.90 Å². The lowest BCUT2D eigenvalue weighted by Crippen LogP contribution is -2.50. The van der Waals surface area contributed by atoms with Crippen LogP contribution in [-0.2, 0) is 4.74 Å². The smallest absolute Gasteiger partial charge is 0.0595 e. The van der Waals surface area contributed by atoms with Crippen LogP contribution in [0.2, 0.25) is 0 Å². The van der Waals surface area contributed by atoms with E-state index in [0.717, 1.165) is 12.5 Å². The molecule has 0 radical (unpaired) electrons. The number of rotatable bonds is 4. The summed E-state index contributed by atoms with van der Waals surface area (Å²) in [7, 11) is 1.84. The molecule has 0 bridgehead atoms. The Morgan fingerprint density at radius 3 is 2.17 bits per heavy atom. The van der Waals surface area contributed by atoms with Crippen molar-refractivity contribution in [2.75, 3.05) is 26.7 Å². The summed E-state index contributed by atoms with van der Waals surface area (Å²) >= 11 is 0. The molecule has 18 heavy (non-hydrogen) atoms. The number of piperidine rings is 1. The zero-order valence-corrected chi connectivity index (χ0v) is 11.9. The van der Waals surface area contributed by atoms with Crippen molar-refractivity contribution in [3.8, 4) is 0 Å². The van der Waals surface area contributed by atoms with Crippen molar-refractivity contribution in [1.82, 2.24) is 4.90 Å². The van der Waals surface area contributed by atoms with Crippen LogP contribution < -0.4 is 5.73 Å². The van der Waals surface area contributed by atoms with E-state index < -0.39 is 0 Å². The number of nitrogens with two attached hydrogens (primary N) is 1. The van der Waals surface area contributed by atoms with Gasteiger partial charge in [0, 0.05) is 32.8 Å². The van der Waals surface area contributed by atoms with Crippen molar-refractivity contribution >= 4 is 0 Å². The number of likely N-dealkylation sites (tertiary alicyclic amines) is 1. The van der Waals surface area contributed by atoms with Gasteiger partial charge in [0.15, 0.2) is 0 Å². The maximum absolute atomic E-state index is 6.08. The second-order valence-corrected chi connectivity index (χ2v) is 6.03. The summed E-state index contributed by atoms with van der Waals surface area (Å²) in [6, 6.07) is 0.626. The largest absolute Gasteiger partial charge is 0.381 e. The molecular formula is C15H30N2O. The molecular weight excluding hydrogens is 224 g/mol. The van der Waals surface area contributed by atoms with Crippen molar-refractivity contribution in [3.63, 3.8) is 0 Å². The predicted octanol–water partition coefficient (Wildman–Crippen LogP) is 2.39. The zero-order valence-electron chi connectivity index (χ0n) is 11.9. The van der Waals surface area contributed by atoms with Crippen LogP contribution in [0, 0.1) is 5.92 Å². The van der Waals surface area contributed by atoms with Crippen LogP contribution in [0.3, 0.4) is 0 Å². The van der Waals surface area contributed by atoms with Gasteiger partial charge in [-0.2, -0.15) is 0 Å². The molecule has 0 aromatic rings. The minimum atomic E-state index is 0.480. The molecule has 106 valence electrons. The second-order valence-electron chi connectivity index (χ2n) is 6.03. The molecule has 0 aromatic carbocycles. The third kappa shape index (κ3) is 3.69. The average Bonchev–Trinajstić information content (AvgIpc) is 2.70. The van der Waals surface area contributed by atoms with E-state index in [4.69, 9.17) is 10.5 Å². The maximum Gasteiger partial charge on any atom is 0.0595 e. The van der Waals surface area contributed by atoms with Crippen LogP contribution in [0.15, 0.2) is 0 Å². The van der Waals surface area contributed by atoms with Gasteiger partial charge in [-0.1, -0.05) is 25.7 Å². The fourth-order valence-electron chi connectivity index (χ4n) is 3.78. The number of nitrogens with zero attached hydrogens (tertiary/aromatic N) is 1. The van der Waals surface area contributed by atoms with E-state index in [9.17, 15) is 0 Å². The molecule has 1 aliphatic carbocycles. The van der Waals surface area contributed by atoms with E-state index in [-0.39, 0.29) is 0 Å². The number of ether oxygens (including phenoxy) is 1. The lowest BCUT2D eigenvalue weighted by atomic mass is 9.89. The van der Waals surface area contributed by atoms with Crippen LogP contribution in [0.5, 0.6) is 0 Å². The summed E-state index contributed by atoms with van der Waals surface area (Å²) in [5.41, 5.74) is 6.08. The van der Waals surface area contributed by atoms with Crippen molar-refractivity contribution in [1.29, 1.82) is 0 Å². The van der Waals surface area contributed by atoms with Gasteiger partial charge in [0.2, 0.25) is 0 Å². The van der Waals surface area contributed by atoms with Gasteiger partial charge in [-0.15, -0.1) is 0 Å². The Hall–Kier alpha value is -0.120.